The van der Waals surface area contributed by atoms with Crippen LogP contribution < -0.4 is 10.6 Å². The second-order valence-electron chi connectivity index (χ2n) is 9.36. The van der Waals surface area contributed by atoms with Crippen molar-refractivity contribution in [1.29, 1.82) is 0 Å². The number of fused-ring (bicyclic) bond motifs is 10. The SMILES string of the molecule is CCCn1c2ccc(Nc3ncccn3)cc2c2c3c(c4c(c21)CCc1nn(C)cc1-4)C(=O)NC3. The first kappa shape index (κ1) is 20.2. The molecule has 2 N–H and O–H groups in total. The summed E-state index contributed by atoms with van der Waals surface area (Å²) in [5, 5.41) is 13.5. The molecule has 0 atom stereocenters. The van der Waals surface area contributed by atoms with Crippen LogP contribution in [0.5, 0.6) is 0 Å². The Morgan fingerprint density at radius 3 is 2.80 bits per heavy atom. The summed E-state index contributed by atoms with van der Waals surface area (Å²) in [6.07, 6.45) is 8.30. The molecule has 174 valence electrons. The van der Waals surface area contributed by atoms with E-state index in [1.54, 1.807) is 18.5 Å². The van der Waals surface area contributed by atoms with Gasteiger partial charge in [-0.05, 0) is 54.7 Å². The van der Waals surface area contributed by atoms with Crippen LogP contribution in [0.2, 0.25) is 0 Å². The van der Waals surface area contributed by atoms with Gasteiger partial charge in [0.1, 0.15) is 0 Å². The maximum Gasteiger partial charge on any atom is 0.252 e. The molecule has 5 aromatic rings. The average molecular weight is 464 g/mol. The number of aryl methyl sites for hydroxylation is 4. The van der Waals surface area contributed by atoms with E-state index in [0.717, 1.165) is 64.8 Å². The van der Waals surface area contributed by atoms with Gasteiger partial charge in [-0.3, -0.25) is 9.48 Å². The molecule has 0 radical (unpaired) electrons. The minimum absolute atomic E-state index is 0.0122. The first-order chi connectivity index (χ1) is 17.1. The van der Waals surface area contributed by atoms with Gasteiger partial charge in [-0.2, -0.15) is 5.10 Å². The largest absolute Gasteiger partial charge is 0.348 e. The Kier molecular flexibility index (Phi) is 4.27. The van der Waals surface area contributed by atoms with Crippen LogP contribution in [0.1, 0.15) is 40.5 Å². The standard InChI is InChI=1S/C27H25N7O/c1-3-11-34-21-8-5-15(31-27-28-9-4-10-29-27)12-17(21)23-18-13-30-26(35)24(18)22-16(25(23)34)6-7-20-19(22)14-33(2)32-20/h4-5,8-10,12,14H,3,6-7,11,13H2,1-2H3,(H,30,35)(H,28,29,31). The molecule has 0 fully saturated rings. The number of benzene rings is 2. The Hall–Kier alpha value is -4.20. The quantitative estimate of drug-likeness (QED) is 0.410. The third-order valence-electron chi connectivity index (χ3n) is 7.21. The zero-order valence-corrected chi connectivity index (χ0v) is 19.7. The molecule has 4 heterocycles. The van der Waals surface area contributed by atoms with Crippen molar-refractivity contribution in [1.82, 2.24) is 29.6 Å². The number of amides is 1. The fourth-order valence-electron chi connectivity index (χ4n) is 5.94. The highest BCUT2D eigenvalue weighted by Gasteiger charge is 2.35. The van der Waals surface area contributed by atoms with Crippen molar-refractivity contribution in [3.05, 3.63) is 65.2 Å². The molecule has 2 aromatic carbocycles. The van der Waals surface area contributed by atoms with E-state index >= 15 is 0 Å². The van der Waals surface area contributed by atoms with Crippen LogP contribution in [0.4, 0.5) is 11.6 Å². The lowest BCUT2D eigenvalue weighted by molar-refractivity contribution is 0.0966. The summed E-state index contributed by atoms with van der Waals surface area (Å²) in [5.74, 6) is 0.575. The van der Waals surface area contributed by atoms with Gasteiger partial charge in [-0.25, -0.2) is 9.97 Å². The van der Waals surface area contributed by atoms with Gasteiger partial charge in [0.15, 0.2) is 0 Å². The van der Waals surface area contributed by atoms with Crippen LogP contribution in [-0.4, -0.2) is 30.2 Å². The van der Waals surface area contributed by atoms with E-state index in [9.17, 15) is 4.79 Å². The topological polar surface area (TPSA) is 89.7 Å². The molecule has 0 bridgehead atoms. The Morgan fingerprint density at radius 2 is 1.97 bits per heavy atom. The lowest BCUT2D eigenvalue weighted by Gasteiger charge is -2.21. The van der Waals surface area contributed by atoms with E-state index < -0.39 is 0 Å². The molecular weight excluding hydrogens is 438 g/mol. The van der Waals surface area contributed by atoms with Crippen molar-refractivity contribution in [2.45, 2.75) is 39.3 Å². The van der Waals surface area contributed by atoms with Gasteiger partial charge < -0.3 is 15.2 Å². The highest BCUT2D eigenvalue weighted by Crippen LogP contribution is 2.47. The van der Waals surface area contributed by atoms with Crippen LogP contribution in [-0.2, 0) is 33.0 Å². The second-order valence-corrected chi connectivity index (χ2v) is 9.36. The molecule has 8 heteroatoms. The van der Waals surface area contributed by atoms with Crippen molar-refractivity contribution in [2.75, 3.05) is 5.32 Å². The lowest BCUT2D eigenvalue weighted by atomic mass is 9.82. The molecule has 2 aliphatic rings. The van der Waals surface area contributed by atoms with Crippen LogP contribution in [0.3, 0.4) is 0 Å². The lowest BCUT2D eigenvalue weighted by Crippen LogP contribution is -2.15. The van der Waals surface area contributed by atoms with E-state index in [1.165, 1.54) is 22.0 Å². The first-order valence-electron chi connectivity index (χ1n) is 12.1. The Balaban J connectivity index is 1.57. The maximum atomic E-state index is 13.2. The number of nitrogens with zero attached hydrogens (tertiary/aromatic N) is 5. The number of hydrogen-bond acceptors (Lipinski definition) is 5. The van der Waals surface area contributed by atoms with Crippen molar-refractivity contribution in [3.63, 3.8) is 0 Å². The molecule has 3 aromatic heterocycles. The summed E-state index contributed by atoms with van der Waals surface area (Å²) in [5.41, 5.74) is 9.81. The van der Waals surface area contributed by atoms with Gasteiger partial charge in [0.2, 0.25) is 5.95 Å². The average Bonchev–Trinajstić information content (AvgIpc) is 3.53. The monoisotopic (exact) mass is 463 g/mol. The van der Waals surface area contributed by atoms with Crippen LogP contribution in [0, 0.1) is 0 Å². The van der Waals surface area contributed by atoms with E-state index in [2.05, 4.69) is 56.5 Å². The highest BCUT2D eigenvalue weighted by molar-refractivity contribution is 6.19. The minimum atomic E-state index is 0.0122. The van der Waals surface area contributed by atoms with Crippen molar-refractivity contribution in [3.8, 4) is 11.1 Å². The van der Waals surface area contributed by atoms with Gasteiger partial charge in [0, 0.05) is 71.8 Å². The molecule has 1 amide bonds. The number of anilines is 2. The summed E-state index contributed by atoms with van der Waals surface area (Å²) in [7, 11) is 1.95. The Bertz CT molecular complexity index is 1660. The summed E-state index contributed by atoms with van der Waals surface area (Å²) in [4.78, 5) is 21.8. The van der Waals surface area contributed by atoms with Gasteiger partial charge in [-0.15, -0.1) is 0 Å². The van der Waals surface area contributed by atoms with E-state index in [1.807, 2.05) is 11.7 Å². The van der Waals surface area contributed by atoms with Gasteiger partial charge in [0.25, 0.3) is 5.91 Å². The molecule has 0 saturated heterocycles. The molecule has 35 heavy (non-hydrogen) atoms. The van der Waals surface area contributed by atoms with Gasteiger partial charge in [-0.1, -0.05) is 6.92 Å². The van der Waals surface area contributed by atoms with Crippen molar-refractivity contribution in [2.24, 2.45) is 7.05 Å². The normalized spacial score (nSPS) is 14.2. The summed E-state index contributed by atoms with van der Waals surface area (Å²) < 4.78 is 4.32. The predicted molar refractivity (Wildman–Crippen MR) is 136 cm³/mol. The number of aromatic nitrogens is 5. The van der Waals surface area contributed by atoms with Crippen LogP contribution >= 0.6 is 0 Å². The van der Waals surface area contributed by atoms with Gasteiger partial charge >= 0.3 is 0 Å². The number of hydrogen-bond donors (Lipinski definition) is 2. The molecule has 0 unspecified atom stereocenters. The molecule has 1 aliphatic heterocycles. The van der Waals surface area contributed by atoms with E-state index in [0.29, 0.717) is 12.5 Å². The highest BCUT2D eigenvalue weighted by atomic mass is 16.1. The number of nitrogens with one attached hydrogen (secondary N) is 2. The molecule has 7 rings (SSSR count). The fourth-order valence-corrected chi connectivity index (χ4v) is 5.94. The van der Waals surface area contributed by atoms with E-state index in [-0.39, 0.29) is 5.91 Å². The Morgan fingerprint density at radius 1 is 1.11 bits per heavy atom. The van der Waals surface area contributed by atoms with Crippen LogP contribution in [0.15, 0.2) is 42.9 Å². The van der Waals surface area contributed by atoms with Crippen molar-refractivity contribution >= 4 is 39.3 Å². The zero-order chi connectivity index (χ0) is 23.7. The van der Waals surface area contributed by atoms with Crippen LogP contribution in [0.25, 0.3) is 32.9 Å². The molecule has 0 saturated carbocycles. The zero-order valence-electron chi connectivity index (χ0n) is 19.7. The minimum Gasteiger partial charge on any atom is -0.348 e. The molecule has 1 aliphatic carbocycles. The third kappa shape index (κ3) is 2.86. The molecular formula is C27H25N7O. The van der Waals surface area contributed by atoms with E-state index in [4.69, 9.17) is 5.10 Å². The second kappa shape index (κ2) is 7.40. The maximum absolute atomic E-state index is 13.2. The predicted octanol–water partition coefficient (Wildman–Crippen LogP) is 4.48. The number of rotatable bonds is 4. The van der Waals surface area contributed by atoms with Gasteiger partial charge in [0.05, 0.1) is 16.8 Å². The fraction of sp³-hybridized carbons (Fsp3) is 0.259. The van der Waals surface area contributed by atoms with Crippen molar-refractivity contribution < 1.29 is 4.79 Å². The summed E-state index contributed by atoms with van der Waals surface area (Å²) in [6, 6.07) is 8.24. The summed E-state index contributed by atoms with van der Waals surface area (Å²) >= 11 is 0. The number of carbonyl (C=O) groups is 1. The first-order valence-corrected chi connectivity index (χ1v) is 12.1. The third-order valence-corrected chi connectivity index (χ3v) is 7.21. The molecule has 8 nitrogen and oxygen atoms in total. The number of carbonyl (C=O) groups excluding carboxylic acids is 1. The Labute approximate surface area is 202 Å². The summed E-state index contributed by atoms with van der Waals surface area (Å²) in [6.45, 7) is 3.67. The molecule has 0 spiro atoms. The smallest absolute Gasteiger partial charge is 0.252 e.